The van der Waals surface area contributed by atoms with Crippen molar-refractivity contribution in [3.8, 4) is 0 Å². The van der Waals surface area contributed by atoms with E-state index in [9.17, 15) is 0 Å². The Morgan fingerprint density at radius 2 is 2.00 bits per heavy atom. The lowest BCUT2D eigenvalue weighted by Gasteiger charge is -2.09. The van der Waals surface area contributed by atoms with Crippen molar-refractivity contribution in [2.45, 2.75) is 24.7 Å². The molecule has 1 aromatic rings. The van der Waals surface area contributed by atoms with Crippen molar-refractivity contribution in [3.05, 3.63) is 28.8 Å². The zero-order valence-electron chi connectivity index (χ0n) is 6.63. The number of hydrogen-bond acceptors (Lipinski definition) is 1. The first kappa shape index (κ1) is 8.95. The van der Waals surface area contributed by atoms with Gasteiger partial charge in [0.15, 0.2) is 0 Å². The minimum Gasteiger partial charge on any atom is -0.143 e. The molecule has 0 atom stereocenters. The van der Waals surface area contributed by atoms with Gasteiger partial charge in [0.2, 0.25) is 0 Å². The minimum absolute atomic E-state index is 0.441. The van der Waals surface area contributed by atoms with Gasteiger partial charge in [0.25, 0.3) is 0 Å². The van der Waals surface area contributed by atoms with Gasteiger partial charge in [-0.25, -0.2) is 0 Å². The smallest absolute Gasteiger partial charge is 0.0451 e. The highest BCUT2D eigenvalue weighted by molar-refractivity contribution is 7.80. The Hall–Kier alpha value is -0.140. The predicted molar refractivity (Wildman–Crippen MR) is 52.8 cm³/mol. The molecular formula is C9H11ClS. The maximum absolute atomic E-state index is 5.98. The SMILES string of the molecule is CC(C)c1c(S)cccc1Cl. The molecule has 0 fully saturated rings. The standard InChI is InChI=1S/C9H11ClS/c1-6(2)9-7(10)4-3-5-8(9)11/h3-6,11H,1-2H3. The Morgan fingerprint density at radius 1 is 1.36 bits per heavy atom. The monoisotopic (exact) mass is 186 g/mol. The van der Waals surface area contributed by atoms with E-state index in [0.717, 1.165) is 15.5 Å². The molecule has 2 heteroatoms. The molecule has 0 aromatic heterocycles. The molecule has 0 bridgehead atoms. The molecule has 0 saturated carbocycles. The Morgan fingerprint density at radius 3 is 2.36 bits per heavy atom. The van der Waals surface area contributed by atoms with Crippen molar-refractivity contribution in [1.29, 1.82) is 0 Å². The maximum Gasteiger partial charge on any atom is 0.0451 e. The van der Waals surface area contributed by atoms with Crippen molar-refractivity contribution in [2.24, 2.45) is 0 Å². The van der Waals surface area contributed by atoms with Crippen LogP contribution in [0.1, 0.15) is 25.3 Å². The molecule has 0 saturated heterocycles. The lowest BCUT2D eigenvalue weighted by Crippen LogP contribution is -1.90. The van der Waals surface area contributed by atoms with E-state index in [0.29, 0.717) is 5.92 Å². The van der Waals surface area contributed by atoms with E-state index in [1.165, 1.54) is 0 Å². The van der Waals surface area contributed by atoms with E-state index < -0.39 is 0 Å². The van der Waals surface area contributed by atoms with Crippen molar-refractivity contribution in [1.82, 2.24) is 0 Å². The van der Waals surface area contributed by atoms with Crippen LogP contribution in [0.25, 0.3) is 0 Å². The average molecular weight is 187 g/mol. The second-order valence-corrected chi connectivity index (χ2v) is 3.72. The zero-order valence-corrected chi connectivity index (χ0v) is 8.28. The molecule has 60 valence electrons. The topological polar surface area (TPSA) is 0 Å². The third-order valence-electron chi connectivity index (χ3n) is 1.61. The van der Waals surface area contributed by atoms with Gasteiger partial charge < -0.3 is 0 Å². The second kappa shape index (κ2) is 3.51. The summed E-state index contributed by atoms with van der Waals surface area (Å²) in [4.78, 5) is 0.979. The molecule has 0 aliphatic carbocycles. The van der Waals surface area contributed by atoms with E-state index in [-0.39, 0.29) is 0 Å². The first-order valence-corrected chi connectivity index (χ1v) is 4.43. The average Bonchev–Trinajstić information content (AvgIpc) is 1.85. The number of benzene rings is 1. The van der Waals surface area contributed by atoms with Crippen molar-refractivity contribution in [3.63, 3.8) is 0 Å². The van der Waals surface area contributed by atoms with Crippen LogP contribution < -0.4 is 0 Å². The normalized spacial score (nSPS) is 10.6. The third-order valence-corrected chi connectivity index (χ3v) is 2.33. The molecule has 0 unspecified atom stereocenters. The molecule has 0 N–H and O–H groups in total. The summed E-state index contributed by atoms with van der Waals surface area (Å²) in [5.41, 5.74) is 1.14. The summed E-state index contributed by atoms with van der Waals surface area (Å²) in [6, 6.07) is 5.78. The molecule has 0 radical (unpaired) electrons. The van der Waals surface area contributed by atoms with Gasteiger partial charge in [-0.05, 0) is 23.6 Å². The predicted octanol–water partition coefficient (Wildman–Crippen LogP) is 3.75. The molecule has 0 aliphatic heterocycles. The van der Waals surface area contributed by atoms with Crippen LogP contribution in [-0.4, -0.2) is 0 Å². The van der Waals surface area contributed by atoms with Crippen LogP contribution in [0.2, 0.25) is 5.02 Å². The van der Waals surface area contributed by atoms with Crippen LogP contribution in [0.5, 0.6) is 0 Å². The van der Waals surface area contributed by atoms with Gasteiger partial charge in [-0.1, -0.05) is 31.5 Å². The molecule has 0 nitrogen and oxygen atoms in total. The van der Waals surface area contributed by atoms with Gasteiger partial charge in [-0.3, -0.25) is 0 Å². The summed E-state index contributed by atoms with van der Waals surface area (Å²) < 4.78 is 0. The molecule has 0 amide bonds. The van der Waals surface area contributed by atoms with E-state index in [1.807, 2.05) is 18.2 Å². The number of thiol groups is 1. The van der Waals surface area contributed by atoms with Crippen molar-refractivity contribution in [2.75, 3.05) is 0 Å². The van der Waals surface area contributed by atoms with Gasteiger partial charge >= 0.3 is 0 Å². The zero-order chi connectivity index (χ0) is 8.43. The Balaban J connectivity index is 3.21. The highest BCUT2D eigenvalue weighted by Crippen LogP contribution is 2.29. The Kier molecular flexibility index (Phi) is 2.85. The largest absolute Gasteiger partial charge is 0.143 e. The van der Waals surface area contributed by atoms with Crippen molar-refractivity contribution >= 4 is 24.2 Å². The summed E-state index contributed by atoms with van der Waals surface area (Å²) in [5.74, 6) is 0.441. The first-order chi connectivity index (χ1) is 5.13. The summed E-state index contributed by atoms with van der Waals surface area (Å²) in [5, 5.41) is 0.813. The van der Waals surface area contributed by atoms with Crippen LogP contribution in [0.3, 0.4) is 0 Å². The van der Waals surface area contributed by atoms with Crippen LogP contribution in [0.4, 0.5) is 0 Å². The van der Waals surface area contributed by atoms with E-state index in [1.54, 1.807) is 0 Å². The van der Waals surface area contributed by atoms with E-state index in [2.05, 4.69) is 26.5 Å². The van der Waals surface area contributed by atoms with E-state index >= 15 is 0 Å². The lowest BCUT2D eigenvalue weighted by molar-refractivity contribution is 0.843. The van der Waals surface area contributed by atoms with Crippen LogP contribution in [0.15, 0.2) is 23.1 Å². The van der Waals surface area contributed by atoms with Gasteiger partial charge in [-0.15, -0.1) is 12.6 Å². The highest BCUT2D eigenvalue weighted by atomic mass is 35.5. The highest BCUT2D eigenvalue weighted by Gasteiger charge is 2.07. The molecule has 0 heterocycles. The van der Waals surface area contributed by atoms with Crippen LogP contribution >= 0.6 is 24.2 Å². The van der Waals surface area contributed by atoms with Gasteiger partial charge in [0.1, 0.15) is 0 Å². The fourth-order valence-corrected chi connectivity index (χ4v) is 2.02. The van der Waals surface area contributed by atoms with Gasteiger partial charge in [0, 0.05) is 9.92 Å². The Bertz CT molecular complexity index is 235. The van der Waals surface area contributed by atoms with Crippen molar-refractivity contribution < 1.29 is 0 Å². The van der Waals surface area contributed by atoms with E-state index in [4.69, 9.17) is 11.6 Å². The molecule has 1 aromatic carbocycles. The lowest BCUT2D eigenvalue weighted by atomic mass is 10.0. The van der Waals surface area contributed by atoms with Crippen LogP contribution in [-0.2, 0) is 0 Å². The van der Waals surface area contributed by atoms with Crippen LogP contribution in [0, 0.1) is 0 Å². The number of rotatable bonds is 1. The molecule has 1 rings (SSSR count). The quantitative estimate of drug-likeness (QED) is 0.635. The van der Waals surface area contributed by atoms with Gasteiger partial charge in [-0.2, -0.15) is 0 Å². The molecule has 0 aliphatic rings. The fourth-order valence-electron chi connectivity index (χ4n) is 1.10. The molecular weight excluding hydrogens is 176 g/mol. The third kappa shape index (κ3) is 1.91. The number of hydrogen-bond donors (Lipinski definition) is 1. The summed E-state index contributed by atoms with van der Waals surface area (Å²) in [6.45, 7) is 4.22. The first-order valence-electron chi connectivity index (χ1n) is 3.60. The van der Waals surface area contributed by atoms with Gasteiger partial charge in [0.05, 0.1) is 0 Å². The summed E-state index contributed by atoms with van der Waals surface area (Å²) in [7, 11) is 0. The molecule has 11 heavy (non-hydrogen) atoms. The number of halogens is 1. The Labute approximate surface area is 78.0 Å². The summed E-state index contributed by atoms with van der Waals surface area (Å²) in [6.07, 6.45) is 0. The second-order valence-electron chi connectivity index (χ2n) is 2.83. The minimum atomic E-state index is 0.441. The maximum atomic E-state index is 5.98. The fraction of sp³-hybridized carbons (Fsp3) is 0.333. The summed E-state index contributed by atoms with van der Waals surface area (Å²) >= 11 is 10.3. The molecule has 0 spiro atoms.